The van der Waals surface area contributed by atoms with Crippen LogP contribution in [0, 0.1) is 0 Å². The summed E-state index contributed by atoms with van der Waals surface area (Å²) in [6, 6.07) is 3.99. The fourth-order valence-electron chi connectivity index (χ4n) is 2.09. The average molecular weight is 287 g/mol. The number of fused-ring (bicyclic) bond motifs is 1. The Hall–Kier alpha value is -0.740. The first-order valence-electron chi connectivity index (χ1n) is 5.23. The van der Waals surface area contributed by atoms with Crippen molar-refractivity contribution in [1.29, 1.82) is 0 Å². The minimum atomic E-state index is 0.114. The molecule has 3 nitrogen and oxygen atoms in total. The van der Waals surface area contributed by atoms with E-state index in [1.165, 1.54) is 11.1 Å². The van der Waals surface area contributed by atoms with E-state index < -0.39 is 0 Å². The highest BCUT2D eigenvalue weighted by atomic mass is 79.9. The van der Waals surface area contributed by atoms with E-state index in [1.807, 2.05) is 6.07 Å². The number of halogens is 1. The van der Waals surface area contributed by atoms with Crippen LogP contribution in [0.1, 0.15) is 17.2 Å². The van der Waals surface area contributed by atoms with E-state index in [1.54, 1.807) is 14.2 Å². The van der Waals surface area contributed by atoms with Gasteiger partial charge >= 0.3 is 0 Å². The first kappa shape index (κ1) is 11.7. The van der Waals surface area contributed by atoms with Gasteiger partial charge in [-0.15, -0.1) is 0 Å². The molecule has 2 rings (SSSR count). The maximum absolute atomic E-state index is 5.68. The minimum Gasteiger partial charge on any atom is -0.493 e. The SMILES string of the molecule is COc1ccc2c(c1OC)CCOC2CBr. The maximum atomic E-state index is 5.68. The zero-order valence-corrected chi connectivity index (χ0v) is 11.0. The van der Waals surface area contributed by atoms with Crippen molar-refractivity contribution in [1.82, 2.24) is 0 Å². The topological polar surface area (TPSA) is 27.7 Å². The molecule has 1 aromatic rings. The van der Waals surface area contributed by atoms with Crippen LogP contribution in [-0.4, -0.2) is 26.2 Å². The molecule has 0 N–H and O–H groups in total. The first-order valence-corrected chi connectivity index (χ1v) is 6.35. The van der Waals surface area contributed by atoms with Gasteiger partial charge in [0.15, 0.2) is 11.5 Å². The highest BCUT2D eigenvalue weighted by molar-refractivity contribution is 9.09. The van der Waals surface area contributed by atoms with Crippen molar-refractivity contribution in [3.63, 3.8) is 0 Å². The number of alkyl halides is 1. The molecule has 1 aliphatic heterocycles. The fourth-order valence-corrected chi connectivity index (χ4v) is 2.62. The van der Waals surface area contributed by atoms with Crippen molar-refractivity contribution >= 4 is 15.9 Å². The molecule has 1 aromatic carbocycles. The third-order valence-electron chi connectivity index (χ3n) is 2.84. The van der Waals surface area contributed by atoms with E-state index in [0.29, 0.717) is 0 Å². The molecule has 0 radical (unpaired) electrons. The van der Waals surface area contributed by atoms with Crippen molar-refractivity contribution < 1.29 is 14.2 Å². The standard InChI is InChI=1S/C12H15BrO3/c1-14-10-4-3-8-9(12(10)15-2)5-6-16-11(8)7-13/h3-4,11H,5-7H2,1-2H3. The van der Waals surface area contributed by atoms with E-state index >= 15 is 0 Å². The van der Waals surface area contributed by atoms with Gasteiger partial charge in [0.25, 0.3) is 0 Å². The predicted octanol–water partition coefficient (Wildman–Crippen LogP) is 2.71. The summed E-state index contributed by atoms with van der Waals surface area (Å²) in [5, 5.41) is 0.801. The maximum Gasteiger partial charge on any atom is 0.164 e. The van der Waals surface area contributed by atoms with Crippen molar-refractivity contribution in [2.24, 2.45) is 0 Å². The van der Waals surface area contributed by atoms with Gasteiger partial charge in [-0.2, -0.15) is 0 Å². The molecule has 0 bridgehead atoms. The van der Waals surface area contributed by atoms with Crippen LogP contribution in [0.25, 0.3) is 0 Å². The number of hydrogen-bond acceptors (Lipinski definition) is 3. The predicted molar refractivity (Wildman–Crippen MR) is 65.7 cm³/mol. The molecule has 0 amide bonds. The Bertz CT molecular complexity index is 379. The van der Waals surface area contributed by atoms with Gasteiger partial charge in [-0.25, -0.2) is 0 Å². The zero-order chi connectivity index (χ0) is 11.5. The van der Waals surface area contributed by atoms with Crippen molar-refractivity contribution in [3.05, 3.63) is 23.3 Å². The summed E-state index contributed by atoms with van der Waals surface area (Å²) in [6.45, 7) is 0.729. The number of methoxy groups -OCH3 is 2. The van der Waals surface area contributed by atoms with E-state index in [2.05, 4.69) is 22.0 Å². The van der Waals surface area contributed by atoms with Gasteiger partial charge in [0.2, 0.25) is 0 Å². The Balaban J connectivity index is 2.50. The summed E-state index contributed by atoms with van der Waals surface area (Å²) in [4.78, 5) is 0. The molecule has 1 aliphatic rings. The summed E-state index contributed by atoms with van der Waals surface area (Å²) in [5.41, 5.74) is 2.40. The molecule has 1 unspecified atom stereocenters. The third kappa shape index (κ3) is 1.92. The van der Waals surface area contributed by atoms with Crippen LogP contribution in [0.5, 0.6) is 11.5 Å². The van der Waals surface area contributed by atoms with Gasteiger partial charge in [-0.05, 0) is 18.1 Å². The second-order valence-electron chi connectivity index (χ2n) is 3.63. The Labute approximate surface area is 104 Å². The highest BCUT2D eigenvalue weighted by Gasteiger charge is 2.24. The lowest BCUT2D eigenvalue weighted by Gasteiger charge is -2.26. The third-order valence-corrected chi connectivity index (χ3v) is 3.43. The normalized spacial score (nSPS) is 19.1. The Kier molecular flexibility index (Phi) is 3.71. The van der Waals surface area contributed by atoms with Gasteiger partial charge in [-0.3, -0.25) is 0 Å². The van der Waals surface area contributed by atoms with Crippen molar-refractivity contribution in [3.8, 4) is 11.5 Å². The Morgan fingerprint density at radius 3 is 2.81 bits per heavy atom. The molecule has 1 heterocycles. The highest BCUT2D eigenvalue weighted by Crippen LogP contribution is 2.39. The van der Waals surface area contributed by atoms with E-state index in [9.17, 15) is 0 Å². The van der Waals surface area contributed by atoms with Gasteiger partial charge in [0.05, 0.1) is 26.9 Å². The summed E-state index contributed by atoms with van der Waals surface area (Å²) in [5.74, 6) is 1.63. The van der Waals surface area contributed by atoms with Crippen LogP contribution >= 0.6 is 15.9 Å². The van der Waals surface area contributed by atoms with Crippen molar-refractivity contribution in [2.75, 3.05) is 26.2 Å². The van der Waals surface area contributed by atoms with Crippen molar-refractivity contribution in [2.45, 2.75) is 12.5 Å². The molecule has 0 aromatic heterocycles. The van der Waals surface area contributed by atoms with Crippen LogP contribution in [0.3, 0.4) is 0 Å². The molecule has 88 valence electrons. The Morgan fingerprint density at radius 2 is 2.19 bits per heavy atom. The number of hydrogen-bond donors (Lipinski definition) is 0. The number of rotatable bonds is 3. The van der Waals surface area contributed by atoms with Crippen LogP contribution in [0.4, 0.5) is 0 Å². The molecule has 16 heavy (non-hydrogen) atoms. The van der Waals surface area contributed by atoms with Crippen LogP contribution in [-0.2, 0) is 11.2 Å². The summed E-state index contributed by atoms with van der Waals surface area (Å²) >= 11 is 3.47. The molecule has 0 spiro atoms. The number of benzene rings is 1. The van der Waals surface area contributed by atoms with Gasteiger partial charge < -0.3 is 14.2 Å². The lowest BCUT2D eigenvalue weighted by molar-refractivity contribution is 0.0586. The van der Waals surface area contributed by atoms with Crippen LogP contribution in [0.15, 0.2) is 12.1 Å². The molecule has 0 aliphatic carbocycles. The van der Waals surface area contributed by atoms with E-state index in [4.69, 9.17) is 14.2 Å². The van der Waals surface area contributed by atoms with Gasteiger partial charge in [-0.1, -0.05) is 22.0 Å². The monoisotopic (exact) mass is 286 g/mol. The first-order chi connectivity index (χ1) is 7.81. The van der Waals surface area contributed by atoms with E-state index in [-0.39, 0.29) is 6.10 Å². The minimum absolute atomic E-state index is 0.114. The molecular weight excluding hydrogens is 272 g/mol. The summed E-state index contributed by atoms with van der Waals surface area (Å²) < 4.78 is 16.4. The van der Waals surface area contributed by atoms with Crippen LogP contribution in [0.2, 0.25) is 0 Å². The lowest BCUT2D eigenvalue weighted by Crippen LogP contribution is -2.18. The largest absolute Gasteiger partial charge is 0.493 e. The molecule has 0 saturated heterocycles. The smallest absolute Gasteiger partial charge is 0.164 e. The van der Waals surface area contributed by atoms with Crippen LogP contribution < -0.4 is 9.47 Å². The average Bonchev–Trinajstić information content (AvgIpc) is 2.36. The number of ether oxygens (including phenoxy) is 3. The summed E-state index contributed by atoms with van der Waals surface area (Å²) in [7, 11) is 3.34. The van der Waals surface area contributed by atoms with E-state index in [0.717, 1.165) is 29.9 Å². The zero-order valence-electron chi connectivity index (χ0n) is 9.46. The second kappa shape index (κ2) is 5.06. The fraction of sp³-hybridized carbons (Fsp3) is 0.500. The molecule has 0 fully saturated rings. The quantitative estimate of drug-likeness (QED) is 0.800. The molecular formula is C12H15BrO3. The summed E-state index contributed by atoms with van der Waals surface area (Å²) in [6.07, 6.45) is 0.989. The van der Waals surface area contributed by atoms with Gasteiger partial charge in [0, 0.05) is 10.9 Å². The Morgan fingerprint density at radius 1 is 1.38 bits per heavy atom. The molecule has 4 heteroatoms. The van der Waals surface area contributed by atoms with Gasteiger partial charge in [0.1, 0.15) is 0 Å². The lowest BCUT2D eigenvalue weighted by atomic mass is 9.97. The molecule has 0 saturated carbocycles. The second-order valence-corrected chi connectivity index (χ2v) is 4.28. The molecule has 1 atom stereocenters.